The van der Waals surface area contributed by atoms with Gasteiger partial charge in [-0.05, 0) is 30.3 Å². The van der Waals surface area contributed by atoms with Crippen molar-refractivity contribution in [2.24, 2.45) is 0 Å². The SMILES string of the molecule is O=C(O)c1ccc2c(Sc3ccncc3)ncnc2c1. The molecule has 0 aliphatic heterocycles. The van der Waals surface area contributed by atoms with Crippen LogP contribution < -0.4 is 0 Å². The fourth-order valence-corrected chi connectivity index (χ4v) is 2.63. The number of hydrogen-bond acceptors (Lipinski definition) is 5. The fraction of sp³-hybridized carbons (Fsp3) is 0. The first-order chi connectivity index (χ1) is 9.74. The maximum absolute atomic E-state index is 11.0. The molecule has 5 nitrogen and oxygen atoms in total. The Kier molecular flexibility index (Phi) is 3.30. The summed E-state index contributed by atoms with van der Waals surface area (Å²) in [7, 11) is 0. The highest BCUT2D eigenvalue weighted by Gasteiger charge is 2.09. The minimum absolute atomic E-state index is 0.219. The maximum atomic E-state index is 11.0. The van der Waals surface area contributed by atoms with Crippen LogP contribution in [0, 0.1) is 0 Å². The van der Waals surface area contributed by atoms with Crippen molar-refractivity contribution in [3.05, 3.63) is 54.6 Å². The van der Waals surface area contributed by atoms with Crippen molar-refractivity contribution in [1.29, 1.82) is 0 Å². The Morgan fingerprint density at radius 3 is 2.65 bits per heavy atom. The van der Waals surface area contributed by atoms with Gasteiger partial charge in [0, 0.05) is 22.7 Å². The van der Waals surface area contributed by atoms with Crippen molar-refractivity contribution in [2.75, 3.05) is 0 Å². The van der Waals surface area contributed by atoms with Gasteiger partial charge in [-0.25, -0.2) is 14.8 Å². The van der Waals surface area contributed by atoms with Gasteiger partial charge in [-0.3, -0.25) is 4.98 Å². The molecular weight excluding hydrogens is 274 g/mol. The van der Waals surface area contributed by atoms with E-state index >= 15 is 0 Å². The third kappa shape index (κ3) is 2.46. The zero-order chi connectivity index (χ0) is 13.9. The summed E-state index contributed by atoms with van der Waals surface area (Å²) in [5.74, 6) is -0.964. The lowest BCUT2D eigenvalue weighted by atomic mass is 10.1. The van der Waals surface area contributed by atoms with Crippen LogP contribution in [0.1, 0.15) is 10.4 Å². The molecule has 20 heavy (non-hydrogen) atoms. The molecule has 1 N–H and O–H groups in total. The van der Waals surface area contributed by atoms with E-state index in [0.717, 1.165) is 15.3 Å². The first-order valence-electron chi connectivity index (χ1n) is 5.80. The molecule has 0 aliphatic rings. The van der Waals surface area contributed by atoms with E-state index < -0.39 is 5.97 Å². The fourth-order valence-electron chi connectivity index (χ4n) is 1.76. The molecule has 0 amide bonds. The Morgan fingerprint density at radius 1 is 1.10 bits per heavy atom. The molecule has 0 fully saturated rings. The molecule has 0 unspecified atom stereocenters. The van der Waals surface area contributed by atoms with E-state index in [-0.39, 0.29) is 5.56 Å². The zero-order valence-electron chi connectivity index (χ0n) is 10.2. The summed E-state index contributed by atoms with van der Waals surface area (Å²) in [5.41, 5.74) is 0.840. The van der Waals surface area contributed by atoms with Crippen molar-refractivity contribution in [1.82, 2.24) is 15.0 Å². The van der Waals surface area contributed by atoms with Crippen molar-refractivity contribution in [3.8, 4) is 0 Å². The van der Waals surface area contributed by atoms with Gasteiger partial charge in [-0.2, -0.15) is 0 Å². The number of rotatable bonds is 3. The van der Waals surface area contributed by atoms with Gasteiger partial charge in [-0.15, -0.1) is 0 Å². The van der Waals surface area contributed by atoms with Crippen molar-refractivity contribution in [2.45, 2.75) is 9.92 Å². The largest absolute Gasteiger partial charge is 0.478 e. The van der Waals surface area contributed by atoms with E-state index in [1.54, 1.807) is 30.6 Å². The predicted octanol–water partition coefficient (Wildman–Crippen LogP) is 2.87. The summed E-state index contributed by atoms with van der Waals surface area (Å²) in [6.45, 7) is 0. The predicted molar refractivity (Wildman–Crippen MR) is 74.9 cm³/mol. The summed E-state index contributed by atoms with van der Waals surface area (Å²) >= 11 is 1.49. The van der Waals surface area contributed by atoms with Crippen LogP contribution in [0.5, 0.6) is 0 Å². The van der Waals surface area contributed by atoms with Crippen molar-refractivity contribution < 1.29 is 9.90 Å². The van der Waals surface area contributed by atoms with Crippen LogP contribution in [0.15, 0.2) is 59.0 Å². The van der Waals surface area contributed by atoms with Crippen LogP contribution in [-0.4, -0.2) is 26.0 Å². The molecule has 3 rings (SSSR count). The highest BCUT2D eigenvalue weighted by atomic mass is 32.2. The number of fused-ring (bicyclic) bond motifs is 1. The molecule has 0 bridgehead atoms. The van der Waals surface area contributed by atoms with Crippen molar-refractivity contribution in [3.63, 3.8) is 0 Å². The molecular formula is C14H9N3O2S. The Bertz CT molecular complexity index is 778. The monoisotopic (exact) mass is 283 g/mol. The number of aromatic nitrogens is 3. The molecule has 2 aromatic heterocycles. The summed E-state index contributed by atoms with van der Waals surface area (Å²) < 4.78 is 0. The second-order valence-corrected chi connectivity index (χ2v) is 5.06. The number of carboxylic acid groups (broad SMARTS) is 1. The molecule has 3 aromatic rings. The zero-order valence-corrected chi connectivity index (χ0v) is 11.0. The molecule has 0 saturated carbocycles. The van der Waals surface area contributed by atoms with Gasteiger partial charge in [0.2, 0.25) is 0 Å². The lowest BCUT2D eigenvalue weighted by Gasteiger charge is -2.05. The molecule has 0 atom stereocenters. The standard InChI is InChI=1S/C14H9N3O2S/c18-14(19)9-1-2-11-12(7-9)16-8-17-13(11)20-10-3-5-15-6-4-10/h1-8H,(H,18,19). The molecule has 0 spiro atoms. The molecule has 1 aromatic carbocycles. The molecule has 0 saturated heterocycles. The first-order valence-corrected chi connectivity index (χ1v) is 6.61. The van der Waals surface area contributed by atoms with E-state index in [1.165, 1.54) is 18.1 Å². The second kappa shape index (κ2) is 5.26. The highest BCUT2D eigenvalue weighted by Crippen LogP contribution is 2.30. The summed E-state index contributed by atoms with van der Waals surface area (Å²) in [4.78, 5) is 24.3. The number of carboxylic acids is 1. The van der Waals surface area contributed by atoms with Gasteiger partial charge in [0.25, 0.3) is 0 Å². The van der Waals surface area contributed by atoms with Gasteiger partial charge >= 0.3 is 5.97 Å². The van der Waals surface area contributed by atoms with E-state index in [4.69, 9.17) is 5.11 Å². The summed E-state index contributed by atoms with van der Waals surface area (Å²) in [6.07, 6.45) is 4.87. The van der Waals surface area contributed by atoms with Gasteiger partial charge in [0.05, 0.1) is 11.1 Å². The second-order valence-electron chi connectivity index (χ2n) is 4.00. The lowest BCUT2D eigenvalue weighted by Crippen LogP contribution is -1.96. The number of hydrogen-bond donors (Lipinski definition) is 1. The van der Waals surface area contributed by atoms with Crippen LogP contribution in [0.3, 0.4) is 0 Å². The Labute approximate surface area is 118 Å². The third-order valence-electron chi connectivity index (χ3n) is 2.71. The minimum atomic E-state index is -0.964. The normalized spacial score (nSPS) is 10.6. The Morgan fingerprint density at radius 2 is 1.90 bits per heavy atom. The van der Waals surface area contributed by atoms with Gasteiger partial charge in [0.15, 0.2) is 0 Å². The number of benzene rings is 1. The van der Waals surface area contributed by atoms with Gasteiger partial charge in [-0.1, -0.05) is 11.8 Å². The molecule has 6 heteroatoms. The number of pyridine rings is 1. The lowest BCUT2D eigenvalue weighted by molar-refractivity contribution is 0.0697. The molecule has 0 radical (unpaired) electrons. The average molecular weight is 283 g/mol. The van der Waals surface area contributed by atoms with E-state index in [1.807, 2.05) is 12.1 Å². The van der Waals surface area contributed by atoms with Gasteiger partial charge < -0.3 is 5.11 Å². The van der Waals surface area contributed by atoms with Crippen LogP contribution in [0.25, 0.3) is 10.9 Å². The number of nitrogens with zero attached hydrogens (tertiary/aromatic N) is 3. The number of carbonyl (C=O) groups is 1. The van der Waals surface area contributed by atoms with Crippen LogP contribution in [-0.2, 0) is 0 Å². The number of aromatic carboxylic acids is 1. The smallest absolute Gasteiger partial charge is 0.335 e. The van der Waals surface area contributed by atoms with E-state index in [2.05, 4.69) is 15.0 Å². The van der Waals surface area contributed by atoms with E-state index in [0.29, 0.717) is 5.52 Å². The topological polar surface area (TPSA) is 76.0 Å². The minimum Gasteiger partial charge on any atom is -0.478 e. The third-order valence-corrected chi connectivity index (χ3v) is 3.74. The first kappa shape index (κ1) is 12.6. The highest BCUT2D eigenvalue weighted by molar-refractivity contribution is 7.99. The van der Waals surface area contributed by atoms with E-state index in [9.17, 15) is 4.79 Å². The van der Waals surface area contributed by atoms with Gasteiger partial charge in [0.1, 0.15) is 11.4 Å². The molecule has 98 valence electrons. The summed E-state index contributed by atoms with van der Waals surface area (Å²) in [5, 5.41) is 10.6. The Hall–Kier alpha value is -2.47. The van der Waals surface area contributed by atoms with Crippen LogP contribution in [0.4, 0.5) is 0 Å². The summed E-state index contributed by atoms with van der Waals surface area (Å²) in [6, 6.07) is 8.64. The van der Waals surface area contributed by atoms with Crippen molar-refractivity contribution >= 4 is 28.6 Å². The molecule has 0 aliphatic carbocycles. The van der Waals surface area contributed by atoms with Crippen LogP contribution >= 0.6 is 11.8 Å². The van der Waals surface area contributed by atoms with Crippen LogP contribution in [0.2, 0.25) is 0 Å². The molecule has 2 heterocycles. The Balaban J connectivity index is 2.06. The average Bonchev–Trinajstić information content (AvgIpc) is 2.48. The quantitative estimate of drug-likeness (QED) is 0.745. The maximum Gasteiger partial charge on any atom is 0.335 e.